The molecule has 1 aromatic rings. The van der Waals surface area contributed by atoms with Crippen molar-refractivity contribution in [3.05, 3.63) is 23.9 Å². The van der Waals surface area contributed by atoms with E-state index in [4.69, 9.17) is 0 Å². The maximum atomic E-state index is 12.7. The Hall–Kier alpha value is -1.83. The fourth-order valence-corrected chi connectivity index (χ4v) is 4.21. The van der Waals surface area contributed by atoms with Gasteiger partial charge in [0.2, 0.25) is 5.91 Å². The van der Waals surface area contributed by atoms with Gasteiger partial charge in [0.05, 0.1) is 11.6 Å². The van der Waals surface area contributed by atoms with Crippen molar-refractivity contribution in [1.29, 1.82) is 0 Å². The molecule has 0 aromatic carbocycles. The lowest BCUT2D eigenvalue weighted by molar-refractivity contribution is -0.137. The van der Waals surface area contributed by atoms with Crippen molar-refractivity contribution < 1.29 is 18.0 Å². The van der Waals surface area contributed by atoms with Gasteiger partial charge in [-0.1, -0.05) is 25.7 Å². The normalized spacial score (nSPS) is 21.3. The first-order chi connectivity index (χ1) is 13.8. The first-order valence-corrected chi connectivity index (χ1v) is 10.7. The fraction of sp³-hybridized carbons (Fsp3) is 0.714. The van der Waals surface area contributed by atoms with Crippen LogP contribution in [-0.2, 0) is 11.0 Å². The van der Waals surface area contributed by atoms with Crippen LogP contribution in [0.1, 0.15) is 57.4 Å². The van der Waals surface area contributed by atoms with Crippen molar-refractivity contribution in [3.63, 3.8) is 0 Å². The number of hydrogen-bond donors (Lipinski definition) is 1. The second kappa shape index (κ2) is 9.78. The van der Waals surface area contributed by atoms with Crippen molar-refractivity contribution >= 4 is 11.7 Å². The van der Waals surface area contributed by atoms with E-state index in [0.717, 1.165) is 38.1 Å². The highest BCUT2D eigenvalue weighted by molar-refractivity contribution is 5.81. The molecule has 1 aliphatic carbocycles. The van der Waals surface area contributed by atoms with Crippen LogP contribution in [0.25, 0.3) is 0 Å². The average Bonchev–Trinajstić information content (AvgIpc) is 3.10. The van der Waals surface area contributed by atoms with Gasteiger partial charge in [0.15, 0.2) is 0 Å². The van der Waals surface area contributed by atoms with Crippen LogP contribution in [0.3, 0.4) is 0 Å². The Kier molecular flexibility index (Phi) is 7.38. The Bertz CT molecular complexity index is 657. The Labute approximate surface area is 170 Å². The highest BCUT2D eigenvalue weighted by atomic mass is 19.4. The summed E-state index contributed by atoms with van der Waals surface area (Å²) in [6.45, 7) is 4.77. The van der Waals surface area contributed by atoms with Gasteiger partial charge in [-0.05, 0) is 38.3 Å². The van der Waals surface area contributed by atoms with Crippen molar-refractivity contribution in [3.8, 4) is 0 Å². The van der Waals surface area contributed by atoms with E-state index in [0.29, 0.717) is 25.5 Å². The standard InChI is InChI=1S/C21H31F3N4O/c1-16(20(29)26-18-7-4-2-3-5-8-18)27-11-6-12-28(14-13-27)19-10-9-17(15-25-19)21(22,23)24/h9-10,15-16,18H,2-8,11-14H2,1H3,(H,26,29). The van der Waals surface area contributed by atoms with Gasteiger partial charge in [-0.3, -0.25) is 9.69 Å². The van der Waals surface area contributed by atoms with Crippen LogP contribution in [0.4, 0.5) is 19.0 Å². The molecule has 2 fully saturated rings. The van der Waals surface area contributed by atoms with E-state index in [1.54, 1.807) is 0 Å². The second-order valence-corrected chi connectivity index (χ2v) is 8.15. The molecule has 2 heterocycles. The summed E-state index contributed by atoms with van der Waals surface area (Å²) in [6.07, 6.45) is 4.34. The summed E-state index contributed by atoms with van der Waals surface area (Å²) in [6, 6.07) is 2.58. The van der Waals surface area contributed by atoms with Crippen LogP contribution in [-0.4, -0.2) is 54.1 Å². The number of amides is 1. The van der Waals surface area contributed by atoms with E-state index in [2.05, 4.69) is 15.2 Å². The molecule has 0 bridgehead atoms. The van der Waals surface area contributed by atoms with Gasteiger partial charge in [-0.2, -0.15) is 13.2 Å². The Balaban J connectivity index is 1.54. The minimum absolute atomic E-state index is 0.0815. The highest BCUT2D eigenvalue weighted by Crippen LogP contribution is 2.29. The summed E-state index contributed by atoms with van der Waals surface area (Å²) >= 11 is 0. The van der Waals surface area contributed by atoms with E-state index in [-0.39, 0.29) is 18.0 Å². The predicted molar refractivity (Wildman–Crippen MR) is 107 cm³/mol. The quantitative estimate of drug-likeness (QED) is 0.764. The molecule has 1 aliphatic heterocycles. The molecule has 29 heavy (non-hydrogen) atoms. The Morgan fingerprint density at radius 1 is 1.07 bits per heavy atom. The molecule has 1 unspecified atom stereocenters. The molecule has 1 atom stereocenters. The third-order valence-corrected chi connectivity index (χ3v) is 6.06. The summed E-state index contributed by atoms with van der Waals surface area (Å²) < 4.78 is 38.2. The zero-order valence-corrected chi connectivity index (χ0v) is 17.0. The summed E-state index contributed by atoms with van der Waals surface area (Å²) in [5.74, 6) is 0.633. The number of nitrogens with zero attached hydrogens (tertiary/aromatic N) is 3. The zero-order chi connectivity index (χ0) is 20.9. The van der Waals surface area contributed by atoms with Gasteiger partial charge >= 0.3 is 6.18 Å². The molecular formula is C21H31F3N4O. The number of nitrogens with one attached hydrogen (secondary N) is 1. The minimum atomic E-state index is -4.37. The van der Waals surface area contributed by atoms with E-state index >= 15 is 0 Å². The van der Waals surface area contributed by atoms with Crippen LogP contribution in [0, 0.1) is 0 Å². The molecule has 0 radical (unpaired) electrons. The van der Waals surface area contributed by atoms with Crippen molar-refractivity contribution in [2.75, 3.05) is 31.1 Å². The summed E-state index contributed by atoms with van der Waals surface area (Å²) in [7, 11) is 0. The predicted octanol–water partition coefficient (Wildman–Crippen LogP) is 3.84. The lowest BCUT2D eigenvalue weighted by atomic mass is 10.1. The van der Waals surface area contributed by atoms with Crippen molar-refractivity contribution in [2.45, 2.75) is 70.1 Å². The van der Waals surface area contributed by atoms with Crippen molar-refractivity contribution in [2.24, 2.45) is 0 Å². The minimum Gasteiger partial charge on any atom is -0.355 e. The van der Waals surface area contributed by atoms with Gasteiger partial charge in [0.1, 0.15) is 5.82 Å². The smallest absolute Gasteiger partial charge is 0.355 e. The molecular weight excluding hydrogens is 381 g/mol. The van der Waals surface area contributed by atoms with Crippen LogP contribution < -0.4 is 10.2 Å². The number of carbonyl (C=O) groups is 1. The third-order valence-electron chi connectivity index (χ3n) is 6.06. The largest absolute Gasteiger partial charge is 0.417 e. The lowest BCUT2D eigenvalue weighted by Crippen LogP contribution is -2.49. The zero-order valence-electron chi connectivity index (χ0n) is 17.0. The highest BCUT2D eigenvalue weighted by Gasteiger charge is 2.31. The van der Waals surface area contributed by atoms with Gasteiger partial charge in [-0.15, -0.1) is 0 Å². The topological polar surface area (TPSA) is 48.5 Å². The molecule has 1 amide bonds. The summed E-state index contributed by atoms with van der Waals surface area (Å²) in [5.41, 5.74) is -0.735. The number of hydrogen-bond acceptors (Lipinski definition) is 4. The molecule has 1 saturated heterocycles. The number of rotatable bonds is 4. The first kappa shape index (κ1) is 21.9. The van der Waals surface area contributed by atoms with Gasteiger partial charge in [-0.25, -0.2) is 4.98 Å². The number of aromatic nitrogens is 1. The molecule has 3 rings (SSSR count). The number of halogens is 3. The number of anilines is 1. The third kappa shape index (κ3) is 6.07. The maximum absolute atomic E-state index is 12.7. The van der Waals surface area contributed by atoms with Gasteiger partial charge in [0.25, 0.3) is 0 Å². The van der Waals surface area contributed by atoms with E-state index in [1.807, 2.05) is 11.8 Å². The number of pyridine rings is 1. The molecule has 5 nitrogen and oxygen atoms in total. The van der Waals surface area contributed by atoms with Crippen LogP contribution in [0.5, 0.6) is 0 Å². The maximum Gasteiger partial charge on any atom is 0.417 e. The monoisotopic (exact) mass is 412 g/mol. The second-order valence-electron chi connectivity index (χ2n) is 8.15. The van der Waals surface area contributed by atoms with Crippen LogP contribution in [0.15, 0.2) is 18.3 Å². The van der Waals surface area contributed by atoms with E-state index in [1.165, 1.54) is 31.7 Å². The molecule has 8 heteroatoms. The average molecular weight is 413 g/mol. The first-order valence-electron chi connectivity index (χ1n) is 10.7. The van der Waals surface area contributed by atoms with E-state index in [9.17, 15) is 18.0 Å². The summed E-state index contributed by atoms with van der Waals surface area (Å²) in [4.78, 5) is 20.9. The Morgan fingerprint density at radius 3 is 2.41 bits per heavy atom. The van der Waals surface area contributed by atoms with Crippen LogP contribution >= 0.6 is 0 Å². The molecule has 1 aromatic heterocycles. The number of carbonyl (C=O) groups excluding carboxylic acids is 1. The van der Waals surface area contributed by atoms with Crippen LogP contribution in [0.2, 0.25) is 0 Å². The van der Waals surface area contributed by atoms with Crippen molar-refractivity contribution in [1.82, 2.24) is 15.2 Å². The number of alkyl halides is 3. The molecule has 2 aliphatic rings. The van der Waals surface area contributed by atoms with E-state index < -0.39 is 11.7 Å². The Morgan fingerprint density at radius 2 is 1.79 bits per heavy atom. The van der Waals surface area contributed by atoms with Gasteiger partial charge in [0, 0.05) is 38.4 Å². The van der Waals surface area contributed by atoms with Gasteiger partial charge < -0.3 is 10.2 Å². The fourth-order valence-electron chi connectivity index (χ4n) is 4.21. The molecule has 162 valence electrons. The SMILES string of the molecule is CC(C(=O)NC1CCCCCC1)N1CCCN(c2ccc(C(F)(F)F)cn2)CC1. The molecule has 1 N–H and O–H groups in total. The lowest BCUT2D eigenvalue weighted by Gasteiger charge is -2.28. The molecule has 0 spiro atoms. The summed E-state index contributed by atoms with van der Waals surface area (Å²) in [5, 5.41) is 3.23. The molecule has 1 saturated carbocycles.